The van der Waals surface area contributed by atoms with Crippen LogP contribution in [-0.4, -0.2) is 64.3 Å². The van der Waals surface area contributed by atoms with Gasteiger partial charge < -0.3 is 15.5 Å². The van der Waals surface area contributed by atoms with Crippen LogP contribution in [0.5, 0.6) is 0 Å². The normalized spacial score (nSPS) is 16.7. The predicted molar refractivity (Wildman–Crippen MR) is 135 cm³/mol. The maximum absolute atomic E-state index is 12.8. The summed E-state index contributed by atoms with van der Waals surface area (Å²) in [6.45, 7) is 12.7. The molecule has 3 rings (SSSR count). The summed E-state index contributed by atoms with van der Waals surface area (Å²) in [6, 6.07) is 7.55. The molecule has 0 saturated carbocycles. The van der Waals surface area contributed by atoms with E-state index in [4.69, 9.17) is 15.7 Å². The van der Waals surface area contributed by atoms with Gasteiger partial charge in [-0.3, -0.25) is 9.59 Å². The molecule has 184 valence electrons. The first-order valence-electron chi connectivity index (χ1n) is 12.6. The van der Waals surface area contributed by atoms with Crippen LogP contribution in [0, 0.1) is 5.92 Å². The highest BCUT2D eigenvalue weighted by atomic mass is 16.2. The van der Waals surface area contributed by atoms with Crippen LogP contribution in [0.3, 0.4) is 0 Å². The second-order valence-electron chi connectivity index (χ2n) is 9.49. The molecule has 2 heterocycles. The molecule has 7 nitrogen and oxygen atoms in total. The van der Waals surface area contributed by atoms with Gasteiger partial charge >= 0.3 is 0 Å². The number of carbonyl (C=O) groups excluding carboxylic acids is 2. The molecule has 1 saturated heterocycles. The molecule has 2 amide bonds. The van der Waals surface area contributed by atoms with Crippen LogP contribution >= 0.6 is 0 Å². The minimum Gasteiger partial charge on any atom is -0.366 e. The summed E-state index contributed by atoms with van der Waals surface area (Å²) in [6.07, 6.45) is 7.42. The average molecular weight is 466 g/mol. The Bertz CT molecular complexity index is 963. The van der Waals surface area contributed by atoms with Gasteiger partial charge in [-0.15, -0.1) is 0 Å². The predicted octanol–water partition coefficient (Wildman–Crippen LogP) is 3.88. The fraction of sp³-hybridized carbons (Fsp3) is 0.556. The number of hydrogen-bond donors (Lipinski definition) is 1. The van der Waals surface area contributed by atoms with E-state index >= 15 is 0 Å². The molecule has 34 heavy (non-hydrogen) atoms. The Morgan fingerprint density at radius 3 is 2.29 bits per heavy atom. The summed E-state index contributed by atoms with van der Waals surface area (Å²) in [5.74, 6) is 0.869. The third-order valence-electron chi connectivity index (χ3n) is 7.14. The molecule has 1 aromatic carbocycles. The first kappa shape index (κ1) is 25.8. The van der Waals surface area contributed by atoms with Crippen molar-refractivity contribution in [1.29, 1.82) is 0 Å². The zero-order valence-electron chi connectivity index (χ0n) is 21.1. The van der Waals surface area contributed by atoms with Crippen LogP contribution < -0.4 is 5.73 Å². The maximum Gasteiger partial charge on any atom is 0.256 e. The molecule has 1 aliphatic heterocycles. The Labute approximate surface area is 203 Å². The highest BCUT2D eigenvalue weighted by Crippen LogP contribution is 2.40. The zero-order valence-corrected chi connectivity index (χ0v) is 21.1. The molecule has 2 aromatic rings. The second kappa shape index (κ2) is 11.6. The highest BCUT2D eigenvalue weighted by Gasteiger charge is 2.41. The molecular weight excluding hydrogens is 426 g/mol. The SMILES string of the molecule is CCCC(C)CN1CCC(c2cccc(C(N)=O)c2)(c2ncc(C(=O)N(CC)CC)cn2)CC1. The molecule has 1 aliphatic rings. The summed E-state index contributed by atoms with van der Waals surface area (Å²) in [4.78, 5) is 38.4. The molecule has 7 heteroatoms. The molecule has 1 atom stereocenters. The van der Waals surface area contributed by atoms with Crippen molar-refractivity contribution in [3.63, 3.8) is 0 Å². The lowest BCUT2D eigenvalue weighted by Gasteiger charge is -2.42. The maximum atomic E-state index is 12.8. The van der Waals surface area contributed by atoms with Crippen molar-refractivity contribution in [2.75, 3.05) is 32.7 Å². The van der Waals surface area contributed by atoms with E-state index in [1.165, 1.54) is 12.8 Å². The fourth-order valence-electron chi connectivity index (χ4n) is 5.13. The van der Waals surface area contributed by atoms with Gasteiger partial charge in [-0.1, -0.05) is 32.4 Å². The quantitative estimate of drug-likeness (QED) is 0.575. The lowest BCUT2D eigenvalue weighted by atomic mass is 9.71. The van der Waals surface area contributed by atoms with E-state index in [9.17, 15) is 9.59 Å². The van der Waals surface area contributed by atoms with E-state index < -0.39 is 11.3 Å². The van der Waals surface area contributed by atoms with Crippen molar-refractivity contribution in [2.45, 2.75) is 58.8 Å². The van der Waals surface area contributed by atoms with Gasteiger partial charge in [-0.05, 0) is 69.8 Å². The number of benzene rings is 1. The number of rotatable bonds is 10. The van der Waals surface area contributed by atoms with Gasteiger partial charge in [0.1, 0.15) is 5.82 Å². The molecular formula is C27H39N5O2. The molecule has 1 fully saturated rings. The summed E-state index contributed by atoms with van der Waals surface area (Å²) < 4.78 is 0. The van der Waals surface area contributed by atoms with Crippen molar-refractivity contribution in [2.24, 2.45) is 11.7 Å². The molecule has 0 spiro atoms. The third kappa shape index (κ3) is 5.63. The van der Waals surface area contributed by atoms with Gasteiger partial charge in [-0.25, -0.2) is 9.97 Å². The average Bonchev–Trinajstić information content (AvgIpc) is 2.85. The van der Waals surface area contributed by atoms with Crippen LogP contribution in [0.1, 0.15) is 85.5 Å². The number of carbonyl (C=O) groups is 2. The summed E-state index contributed by atoms with van der Waals surface area (Å²) in [7, 11) is 0. The monoisotopic (exact) mass is 465 g/mol. The number of aromatic nitrogens is 2. The molecule has 0 radical (unpaired) electrons. The molecule has 2 N–H and O–H groups in total. The topological polar surface area (TPSA) is 92.4 Å². The van der Waals surface area contributed by atoms with Crippen molar-refractivity contribution in [1.82, 2.24) is 19.8 Å². The summed E-state index contributed by atoms with van der Waals surface area (Å²) in [5.41, 5.74) is 7.16. The van der Waals surface area contributed by atoms with Crippen molar-refractivity contribution in [3.05, 3.63) is 59.2 Å². The number of piperidine rings is 1. The number of amides is 2. The standard InChI is InChI=1S/C27H39N5O2/c1-5-9-20(4)19-31-14-12-27(13-15-31,23-11-8-10-21(16-23)24(28)33)26-29-17-22(18-30-26)25(34)32(6-2)7-3/h8,10-11,16-18,20H,5-7,9,12-15,19H2,1-4H3,(H2,28,33). The van der Waals surface area contributed by atoms with Crippen molar-refractivity contribution in [3.8, 4) is 0 Å². The largest absolute Gasteiger partial charge is 0.366 e. The van der Waals surface area contributed by atoms with Gasteiger partial charge in [0.2, 0.25) is 5.91 Å². The Hall–Kier alpha value is -2.80. The van der Waals surface area contributed by atoms with Crippen LogP contribution in [0.2, 0.25) is 0 Å². The number of likely N-dealkylation sites (tertiary alicyclic amines) is 1. The summed E-state index contributed by atoms with van der Waals surface area (Å²) >= 11 is 0. The van der Waals surface area contributed by atoms with E-state index in [-0.39, 0.29) is 5.91 Å². The molecule has 0 bridgehead atoms. The lowest BCUT2D eigenvalue weighted by molar-refractivity contribution is 0.0771. The second-order valence-corrected chi connectivity index (χ2v) is 9.49. The van der Waals surface area contributed by atoms with E-state index in [0.717, 1.165) is 38.0 Å². The number of nitrogens with zero attached hydrogens (tertiary/aromatic N) is 4. The third-order valence-corrected chi connectivity index (χ3v) is 7.14. The first-order chi connectivity index (χ1) is 16.3. The summed E-state index contributed by atoms with van der Waals surface area (Å²) in [5, 5.41) is 0. The minimum atomic E-state index is -0.441. The number of nitrogens with two attached hydrogens (primary N) is 1. The fourth-order valence-corrected chi connectivity index (χ4v) is 5.13. The molecule has 0 aliphatic carbocycles. The van der Waals surface area contributed by atoms with Gasteiger partial charge in [0.05, 0.1) is 11.0 Å². The van der Waals surface area contributed by atoms with Gasteiger partial charge in [-0.2, -0.15) is 0 Å². The van der Waals surface area contributed by atoms with Crippen molar-refractivity contribution < 1.29 is 9.59 Å². The van der Waals surface area contributed by atoms with Gasteiger partial charge in [0, 0.05) is 37.6 Å². The van der Waals surface area contributed by atoms with E-state index in [1.807, 2.05) is 32.0 Å². The Morgan fingerprint density at radius 1 is 1.09 bits per heavy atom. The zero-order chi connectivity index (χ0) is 24.7. The highest BCUT2D eigenvalue weighted by molar-refractivity contribution is 5.94. The Kier molecular flexibility index (Phi) is 8.78. The van der Waals surface area contributed by atoms with E-state index in [0.29, 0.717) is 36.0 Å². The minimum absolute atomic E-state index is 0.0546. The number of primary amides is 1. The Balaban J connectivity index is 1.93. The van der Waals surface area contributed by atoms with Crippen molar-refractivity contribution >= 4 is 11.8 Å². The smallest absolute Gasteiger partial charge is 0.256 e. The van der Waals surface area contributed by atoms with Gasteiger partial charge in [0.15, 0.2) is 0 Å². The number of hydrogen-bond acceptors (Lipinski definition) is 5. The molecule has 1 unspecified atom stereocenters. The first-order valence-corrected chi connectivity index (χ1v) is 12.6. The molecule has 1 aromatic heterocycles. The van der Waals surface area contributed by atoms with Crippen LogP contribution in [0.15, 0.2) is 36.7 Å². The van der Waals surface area contributed by atoms with Gasteiger partial charge in [0.25, 0.3) is 5.91 Å². The van der Waals surface area contributed by atoms with Crippen LogP contribution in [-0.2, 0) is 5.41 Å². The Morgan fingerprint density at radius 2 is 1.74 bits per heavy atom. The van der Waals surface area contributed by atoms with E-state index in [1.54, 1.807) is 23.4 Å². The van der Waals surface area contributed by atoms with Crippen LogP contribution in [0.4, 0.5) is 0 Å². The van der Waals surface area contributed by atoms with Crippen LogP contribution in [0.25, 0.3) is 0 Å². The lowest BCUT2D eigenvalue weighted by Crippen LogP contribution is -2.45. The van der Waals surface area contributed by atoms with E-state index in [2.05, 4.69) is 18.7 Å².